The summed E-state index contributed by atoms with van der Waals surface area (Å²) in [5.74, 6) is -1.18. The Balaban J connectivity index is 2.19. The van der Waals surface area contributed by atoms with Gasteiger partial charge in [-0.25, -0.2) is 4.79 Å². The molecule has 114 valence electrons. The molecule has 0 aromatic heterocycles. The molecule has 1 N–H and O–H groups in total. The monoisotopic (exact) mass is 338 g/mol. The summed E-state index contributed by atoms with van der Waals surface area (Å²) in [7, 11) is 0. The lowest BCUT2D eigenvalue weighted by molar-refractivity contribution is -0.139. The molecule has 2 aromatic carbocycles. The van der Waals surface area contributed by atoms with Crippen molar-refractivity contribution in [2.45, 2.75) is 6.42 Å². The number of aliphatic carboxylic acids is 1. The van der Waals surface area contributed by atoms with E-state index in [9.17, 15) is 9.59 Å². The molecule has 0 bridgehead atoms. The lowest BCUT2D eigenvalue weighted by Crippen LogP contribution is -2.10. The Labute approximate surface area is 137 Å². The van der Waals surface area contributed by atoms with Crippen LogP contribution in [0.2, 0.25) is 10.0 Å². The SMILES string of the molecule is O=C(O)COc1ccc(C(=O)Cc2ccccc2)c(Cl)c1Cl. The van der Waals surface area contributed by atoms with Crippen LogP contribution in [0.4, 0.5) is 0 Å². The van der Waals surface area contributed by atoms with Crippen LogP contribution in [-0.4, -0.2) is 23.5 Å². The number of carbonyl (C=O) groups excluding carboxylic acids is 1. The molecule has 0 saturated carbocycles. The van der Waals surface area contributed by atoms with Crippen LogP contribution < -0.4 is 4.74 Å². The van der Waals surface area contributed by atoms with Gasteiger partial charge in [-0.1, -0.05) is 53.5 Å². The van der Waals surface area contributed by atoms with Gasteiger partial charge in [-0.2, -0.15) is 0 Å². The zero-order valence-corrected chi connectivity index (χ0v) is 12.9. The molecule has 0 heterocycles. The number of carboxylic acids is 1. The summed E-state index contributed by atoms with van der Waals surface area (Å²) in [5.41, 5.74) is 1.14. The number of hydrogen-bond donors (Lipinski definition) is 1. The van der Waals surface area contributed by atoms with E-state index in [2.05, 4.69) is 0 Å². The van der Waals surface area contributed by atoms with Crippen molar-refractivity contribution in [3.05, 3.63) is 63.6 Å². The fourth-order valence-corrected chi connectivity index (χ4v) is 2.36. The standard InChI is InChI=1S/C16H12Cl2O4/c17-15-11(12(19)8-10-4-2-1-3-5-10)6-7-13(16(15)18)22-9-14(20)21/h1-7H,8-9H2,(H,20,21). The molecule has 0 atom stereocenters. The van der Waals surface area contributed by atoms with Crippen LogP contribution in [0.5, 0.6) is 5.75 Å². The smallest absolute Gasteiger partial charge is 0.341 e. The Kier molecular flexibility index (Phi) is 5.41. The second-order valence-corrected chi connectivity index (χ2v) is 5.26. The molecule has 2 aromatic rings. The molecule has 0 aliphatic carbocycles. The van der Waals surface area contributed by atoms with E-state index in [4.69, 9.17) is 33.0 Å². The van der Waals surface area contributed by atoms with Crippen molar-refractivity contribution in [2.75, 3.05) is 6.61 Å². The molecular weight excluding hydrogens is 327 g/mol. The van der Waals surface area contributed by atoms with E-state index in [0.29, 0.717) is 0 Å². The van der Waals surface area contributed by atoms with E-state index in [1.54, 1.807) is 0 Å². The predicted molar refractivity (Wildman–Crippen MR) is 84.1 cm³/mol. The van der Waals surface area contributed by atoms with E-state index >= 15 is 0 Å². The van der Waals surface area contributed by atoms with Gasteiger partial charge in [-0.15, -0.1) is 0 Å². The highest BCUT2D eigenvalue weighted by Gasteiger charge is 2.17. The Hall–Kier alpha value is -2.04. The molecule has 0 saturated heterocycles. The average Bonchev–Trinajstić information content (AvgIpc) is 2.49. The molecule has 4 nitrogen and oxygen atoms in total. The van der Waals surface area contributed by atoms with Crippen molar-refractivity contribution in [3.8, 4) is 5.75 Å². The largest absolute Gasteiger partial charge is 0.480 e. The van der Waals surface area contributed by atoms with Crippen LogP contribution in [0, 0.1) is 0 Å². The first-order valence-electron chi connectivity index (χ1n) is 6.38. The minimum absolute atomic E-state index is 0.0295. The molecule has 0 spiro atoms. The first kappa shape index (κ1) is 16.3. The summed E-state index contributed by atoms with van der Waals surface area (Å²) in [5, 5.41) is 8.68. The van der Waals surface area contributed by atoms with Crippen LogP contribution in [0.1, 0.15) is 15.9 Å². The molecule has 0 amide bonds. The number of rotatable bonds is 6. The maximum atomic E-state index is 12.3. The normalized spacial score (nSPS) is 10.3. The van der Waals surface area contributed by atoms with Gasteiger partial charge in [0, 0.05) is 12.0 Å². The molecule has 22 heavy (non-hydrogen) atoms. The molecule has 0 unspecified atom stereocenters. The molecule has 0 aliphatic heterocycles. The van der Waals surface area contributed by atoms with E-state index < -0.39 is 12.6 Å². The first-order valence-corrected chi connectivity index (χ1v) is 7.14. The Morgan fingerprint density at radius 1 is 1.00 bits per heavy atom. The van der Waals surface area contributed by atoms with Crippen molar-refractivity contribution < 1.29 is 19.4 Å². The number of hydrogen-bond acceptors (Lipinski definition) is 3. The number of ether oxygens (including phenoxy) is 1. The van der Waals surface area contributed by atoms with Gasteiger partial charge in [0.1, 0.15) is 10.8 Å². The molecule has 0 radical (unpaired) electrons. The highest BCUT2D eigenvalue weighted by atomic mass is 35.5. The number of carboxylic acid groups (broad SMARTS) is 1. The zero-order chi connectivity index (χ0) is 16.1. The maximum Gasteiger partial charge on any atom is 0.341 e. The summed E-state index contributed by atoms with van der Waals surface area (Å²) in [6.07, 6.45) is 0.201. The zero-order valence-electron chi connectivity index (χ0n) is 11.4. The maximum absolute atomic E-state index is 12.3. The van der Waals surface area contributed by atoms with Crippen LogP contribution in [0.15, 0.2) is 42.5 Å². The predicted octanol–water partition coefficient (Wildman–Crippen LogP) is 3.88. The van der Waals surface area contributed by atoms with E-state index in [0.717, 1.165) is 5.56 Å². The highest BCUT2D eigenvalue weighted by molar-refractivity contribution is 6.44. The molecule has 0 fully saturated rings. The molecule has 0 aliphatic rings. The summed E-state index contributed by atoms with van der Waals surface area (Å²) in [6, 6.07) is 12.2. The van der Waals surface area contributed by atoms with Crippen molar-refractivity contribution in [3.63, 3.8) is 0 Å². The highest BCUT2D eigenvalue weighted by Crippen LogP contribution is 2.35. The van der Waals surface area contributed by atoms with Gasteiger partial charge < -0.3 is 9.84 Å². The topological polar surface area (TPSA) is 63.6 Å². The molecule has 6 heteroatoms. The third kappa shape index (κ3) is 4.00. The van der Waals surface area contributed by atoms with Gasteiger partial charge in [0.25, 0.3) is 0 Å². The second kappa shape index (κ2) is 7.29. The van der Waals surface area contributed by atoms with E-state index in [1.165, 1.54) is 12.1 Å². The Morgan fingerprint density at radius 2 is 1.68 bits per heavy atom. The summed E-state index contributed by atoms with van der Waals surface area (Å²) in [4.78, 5) is 22.8. The summed E-state index contributed by atoms with van der Waals surface area (Å²) >= 11 is 12.1. The Bertz CT molecular complexity index is 699. The fourth-order valence-electron chi connectivity index (χ4n) is 1.87. The van der Waals surface area contributed by atoms with Gasteiger partial charge >= 0.3 is 5.97 Å². The van der Waals surface area contributed by atoms with Crippen molar-refractivity contribution in [2.24, 2.45) is 0 Å². The van der Waals surface area contributed by atoms with E-state index in [1.807, 2.05) is 30.3 Å². The summed E-state index contributed by atoms with van der Waals surface area (Å²) < 4.78 is 5.00. The Morgan fingerprint density at radius 3 is 2.32 bits per heavy atom. The fraction of sp³-hybridized carbons (Fsp3) is 0.125. The number of halogens is 2. The number of Topliss-reactive ketones (excluding diaryl/α,β-unsaturated/α-hetero) is 1. The van der Waals surface area contributed by atoms with Gasteiger partial charge in [0.05, 0.1) is 5.02 Å². The van der Waals surface area contributed by atoms with Crippen LogP contribution in [-0.2, 0) is 11.2 Å². The van der Waals surface area contributed by atoms with Crippen LogP contribution >= 0.6 is 23.2 Å². The molecular formula is C16H12Cl2O4. The first-order chi connectivity index (χ1) is 10.5. The minimum atomic E-state index is -1.13. The minimum Gasteiger partial charge on any atom is -0.480 e. The van der Waals surface area contributed by atoms with Gasteiger partial charge in [-0.3, -0.25) is 4.79 Å². The lowest BCUT2D eigenvalue weighted by atomic mass is 10.0. The van der Waals surface area contributed by atoms with Crippen molar-refractivity contribution in [1.29, 1.82) is 0 Å². The van der Waals surface area contributed by atoms with Crippen molar-refractivity contribution >= 4 is 35.0 Å². The molecule has 2 rings (SSSR count). The van der Waals surface area contributed by atoms with Gasteiger partial charge in [0.2, 0.25) is 0 Å². The number of carbonyl (C=O) groups is 2. The average molecular weight is 339 g/mol. The van der Waals surface area contributed by atoms with Crippen LogP contribution in [0.3, 0.4) is 0 Å². The third-order valence-electron chi connectivity index (χ3n) is 2.91. The van der Waals surface area contributed by atoms with E-state index in [-0.39, 0.29) is 33.6 Å². The third-order valence-corrected chi connectivity index (χ3v) is 3.77. The summed E-state index contributed by atoms with van der Waals surface area (Å²) in [6.45, 7) is -0.534. The lowest BCUT2D eigenvalue weighted by Gasteiger charge is -2.10. The number of benzene rings is 2. The van der Waals surface area contributed by atoms with Gasteiger partial charge in [0.15, 0.2) is 12.4 Å². The van der Waals surface area contributed by atoms with Gasteiger partial charge in [-0.05, 0) is 17.7 Å². The quantitative estimate of drug-likeness (QED) is 0.811. The number of ketones is 1. The van der Waals surface area contributed by atoms with Crippen molar-refractivity contribution in [1.82, 2.24) is 0 Å². The second-order valence-electron chi connectivity index (χ2n) is 4.51. The van der Waals surface area contributed by atoms with Crippen LogP contribution in [0.25, 0.3) is 0 Å².